The molecule has 2 aromatic rings. The molecule has 0 aliphatic heterocycles. The lowest BCUT2D eigenvalue weighted by Gasteiger charge is -2.21. The van der Waals surface area contributed by atoms with Crippen LogP contribution in [0, 0.1) is 3.57 Å². The minimum atomic E-state index is 0.814. The third-order valence-electron chi connectivity index (χ3n) is 3.23. The first-order valence-corrected chi connectivity index (χ1v) is 7.52. The molecule has 0 heterocycles. The average molecular weight is 366 g/mol. The van der Waals surface area contributed by atoms with Gasteiger partial charge in [0, 0.05) is 22.8 Å². The molecule has 100 valence electrons. The summed E-state index contributed by atoms with van der Waals surface area (Å²) < 4.78 is 1.19. The van der Waals surface area contributed by atoms with Gasteiger partial charge >= 0.3 is 0 Å². The Morgan fingerprint density at radius 2 is 1.68 bits per heavy atom. The zero-order valence-electron chi connectivity index (χ0n) is 11.4. The van der Waals surface area contributed by atoms with Crippen LogP contribution in [0.15, 0.2) is 42.5 Å². The van der Waals surface area contributed by atoms with Gasteiger partial charge in [0.25, 0.3) is 0 Å². The summed E-state index contributed by atoms with van der Waals surface area (Å²) in [6.07, 6.45) is 1.09. The fourth-order valence-corrected chi connectivity index (χ4v) is 3.02. The van der Waals surface area contributed by atoms with Crippen molar-refractivity contribution in [1.29, 1.82) is 0 Å². The van der Waals surface area contributed by atoms with Crippen molar-refractivity contribution in [3.8, 4) is 0 Å². The van der Waals surface area contributed by atoms with Crippen LogP contribution in [0.3, 0.4) is 0 Å². The van der Waals surface area contributed by atoms with Gasteiger partial charge in [-0.05, 0) is 58.3 Å². The van der Waals surface area contributed by atoms with Crippen LogP contribution >= 0.6 is 22.6 Å². The molecule has 0 aromatic heterocycles. The summed E-state index contributed by atoms with van der Waals surface area (Å²) in [7, 11) is 2.11. The van der Waals surface area contributed by atoms with Crippen molar-refractivity contribution < 1.29 is 0 Å². The topological polar surface area (TPSA) is 29.3 Å². The van der Waals surface area contributed by atoms with E-state index in [0.717, 1.165) is 18.7 Å². The van der Waals surface area contributed by atoms with Gasteiger partial charge in [-0.25, -0.2) is 0 Å². The van der Waals surface area contributed by atoms with E-state index in [4.69, 9.17) is 5.73 Å². The lowest BCUT2D eigenvalue weighted by Crippen LogP contribution is -2.17. The number of benzene rings is 2. The predicted molar refractivity (Wildman–Crippen MR) is 91.5 cm³/mol. The maximum atomic E-state index is 5.79. The molecule has 0 atom stereocenters. The molecule has 0 saturated carbocycles. The van der Waals surface area contributed by atoms with E-state index >= 15 is 0 Å². The predicted octanol–water partition coefficient (Wildman–Crippen LogP) is 4.07. The van der Waals surface area contributed by atoms with E-state index in [9.17, 15) is 0 Å². The SMILES string of the molecule is CCc1ccc(CN(C)c2ccc(N)cc2I)cc1. The van der Waals surface area contributed by atoms with Crippen molar-refractivity contribution in [3.63, 3.8) is 0 Å². The molecule has 0 aliphatic carbocycles. The van der Waals surface area contributed by atoms with Crippen molar-refractivity contribution in [2.24, 2.45) is 0 Å². The second-order valence-corrected chi connectivity index (χ2v) is 5.90. The Kier molecular flexibility index (Phi) is 4.69. The van der Waals surface area contributed by atoms with Crippen molar-refractivity contribution >= 4 is 34.0 Å². The first-order valence-electron chi connectivity index (χ1n) is 6.44. The molecule has 0 spiro atoms. The largest absolute Gasteiger partial charge is 0.399 e. The van der Waals surface area contributed by atoms with Gasteiger partial charge in [0.1, 0.15) is 0 Å². The summed E-state index contributed by atoms with van der Waals surface area (Å²) in [5, 5.41) is 0. The van der Waals surface area contributed by atoms with Crippen LogP contribution in [0.1, 0.15) is 18.1 Å². The summed E-state index contributed by atoms with van der Waals surface area (Å²) in [5.41, 5.74) is 10.5. The Hall–Kier alpha value is -1.23. The van der Waals surface area contributed by atoms with E-state index in [1.54, 1.807) is 0 Å². The summed E-state index contributed by atoms with van der Waals surface area (Å²) in [6, 6.07) is 14.9. The van der Waals surface area contributed by atoms with Crippen LogP contribution < -0.4 is 10.6 Å². The lowest BCUT2D eigenvalue weighted by atomic mass is 10.1. The molecule has 2 N–H and O–H groups in total. The molecule has 0 saturated heterocycles. The van der Waals surface area contributed by atoms with Gasteiger partial charge in [0.15, 0.2) is 0 Å². The van der Waals surface area contributed by atoms with Gasteiger partial charge < -0.3 is 10.6 Å². The molecule has 0 fully saturated rings. The second kappa shape index (κ2) is 6.28. The summed E-state index contributed by atoms with van der Waals surface area (Å²) >= 11 is 2.33. The number of aryl methyl sites for hydroxylation is 1. The van der Waals surface area contributed by atoms with Crippen molar-refractivity contribution in [3.05, 3.63) is 57.2 Å². The van der Waals surface area contributed by atoms with E-state index in [-0.39, 0.29) is 0 Å². The van der Waals surface area contributed by atoms with Gasteiger partial charge in [-0.15, -0.1) is 0 Å². The smallest absolute Gasteiger partial charge is 0.0503 e. The highest BCUT2D eigenvalue weighted by Gasteiger charge is 2.06. The summed E-state index contributed by atoms with van der Waals surface area (Å²) in [4.78, 5) is 2.25. The number of hydrogen-bond donors (Lipinski definition) is 1. The Morgan fingerprint density at radius 3 is 2.26 bits per heavy atom. The normalized spacial score (nSPS) is 10.5. The fraction of sp³-hybridized carbons (Fsp3) is 0.250. The molecule has 0 unspecified atom stereocenters. The van der Waals surface area contributed by atoms with Gasteiger partial charge in [-0.2, -0.15) is 0 Å². The molecular weight excluding hydrogens is 347 g/mol. The Morgan fingerprint density at radius 1 is 1.05 bits per heavy atom. The minimum absolute atomic E-state index is 0.814. The third-order valence-corrected chi connectivity index (χ3v) is 4.10. The number of nitrogens with two attached hydrogens (primary N) is 1. The van der Waals surface area contributed by atoms with Crippen molar-refractivity contribution in [2.75, 3.05) is 17.7 Å². The molecule has 0 radical (unpaired) electrons. The van der Waals surface area contributed by atoms with Gasteiger partial charge in [-0.3, -0.25) is 0 Å². The number of rotatable bonds is 4. The monoisotopic (exact) mass is 366 g/mol. The molecule has 0 aliphatic rings. The highest BCUT2D eigenvalue weighted by Crippen LogP contribution is 2.25. The molecule has 0 bridgehead atoms. The molecule has 3 heteroatoms. The number of anilines is 2. The quantitative estimate of drug-likeness (QED) is 0.653. The van der Waals surface area contributed by atoms with E-state index in [0.29, 0.717) is 0 Å². The van der Waals surface area contributed by atoms with Crippen LogP contribution in [-0.2, 0) is 13.0 Å². The molecule has 2 aromatic carbocycles. The van der Waals surface area contributed by atoms with Crippen LogP contribution in [0.2, 0.25) is 0 Å². The molecule has 2 nitrogen and oxygen atoms in total. The Balaban J connectivity index is 2.13. The zero-order chi connectivity index (χ0) is 13.8. The van der Waals surface area contributed by atoms with Crippen LogP contribution in [0.25, 0.3) is 0 Å². The standard InChI is InChI=1S/C16H19IN2/c1-3-12-4-6-13(7-5-12)11-19(2)16-9-8-14(18)10-15(16)17/h4-10H,3,11,18H2,1-2H3. The molecular formula is C16H19IN2. The first-order chi connectivity index (χ1) is 9.10. The Bertz CT molecular complexity index is 549. The van der Waals surface area contributed by atoms with E-state index in [2.05, 4.69) is 71.8 Å². The van der Waals surface area contributed by atoms with Gasteiger partial charge in [0.05, 0.1) is 5.69 Å². The zero-order valence-corrected chi connectivity index (χ0v) is 13.5. The van der Waals surface area contributed by atoms with E-state index < -0.39 is 0 Å². The molecule has 2 rings (SSSR count). The molecule has 0 amide bonds. The van der Waals surface area contributed by atoms with Crippen molar-refractivity contribution in [2.45, 2.75) is 19.9 Å². The van der Waals surface area contributed by atoms with Gasteiger partial charge in [0.2, 0.25) is 0 Å². The first kappa shape index (κ1) is 14.2. The average Bonchev–Trinajstić information content (AvgIpc) is 2.39. The van der Waals surface area contributed by atoms with Crippen LogP contribution in [0.4, 0.5) is 11.4 Å². The summed E-state index contributed by atoms with van der Waals surface area (Å²) in [6.45, 7) is 3.09. The van der Waals surface area contributed by atoms with Gasteiger partial charge in [-0.1, -0.05) is 31.2 Å². The Labute approximate surface area is 128 Å². The molecule has 19 heavy (non-hydrogen) atoms. The maximum absolute atomic E-state index is 5.79. The van der Waals surface area contributed by atoms with E-state index in [1.807, 2.05) is 12.1 Å². The number of halogens is 1. The maximum Gasteiger partial charge on any atom is 0.0503 e. The summed E-state index contributed by atoms with van der Waals surface area (Å²) in [5.74, 6) is 0. The van der Waals surface area contributed by atoms with E-state index in [1.165, 1.54) is 20.4 Å². The highest BCUT2D eigenvalue weighted by atomic mass is 127. The number of hydrogen-bond acceptors (Lipinski definition) is 2. The van der Waals surface area contributed by atoms with Crippen molar-refractivity contribution in [1.82, 2.24) is 0 Å². The lowest BCUT2D eigenvalue weighted by molar-refractivity contribution is 0.918. The fourth-order valence-electron chi connectivity index (χ4n) is 2.07. The number of nitrogen functional groups attached to an aromatic ring is 1. The number of nitrogens with zero attached hydrogens (tertiary/aromatic N) is 1. The third kappa shape index (κ3) is 3.62. The van der Waals surface area contributed by atoms with Crippen LogP contribution in [-0.4, -0.2) is 7.05 Å². The minimum Gasteiger partial charge on any atom is -0.399 e. The highest BCUT2D eigenvalue weighted by molar-refractivity contribution is 14.1. The van der Waals surface area contributed by atoms with Crippen LogP contribution in [0.5, 0.6) is 0 Å². The second-order valence-electron chi connectivity index (χ2n) is 4.74.